The first-order valence-corrected chi connectivity index (χ1v) is 10.4. The van der Waals surface area contributed by atoms with E-state index < -0.39 is 6.04 Å². The molecule has 1 aromatic heterocycles. The van der Waals surface area contributed by atoms with Crippen LogP contribution in [-0.4, -0.2) is 36.7 Å². The van der Waals surface area contributed by atoms with Crippen molar-refractivity contribution in [1.82, 2.24) is 4.90 Å². The molecule has 6 heteroatoms. The molecule has 154 valence electrons. The Balaban J connectivity index is 1.68. The van der Waals surface area contributed by atoms with E-state index in [4.69, 9.17) is 13.9 Å². The van der Waals surface area contributed by atoms with Gasteiger partial charge in [0.25, 0.3) is 5.91 Å². The van der Waals surface area contributed by atoms with Gasteiger partial charge in [0.05, 0.1) is 29.7 Å². The van der Waals surface area contributed by atoms with Gasteiger partial charge in [0.15, 0.2) is 5.43 Å². The highest BCUT2D eigenvalue weighted by Gasteiger charge is 2.44. The Morgan fingerprint density at radius 3 is 2.80 bits per heavy atom. The third-order valence-corrected chi connectivity index (χ3v) is 5.78. The van der Waals surface area contributed by atoms with Gasteiger partial charge in [-0.2, -0.15) is 0 Å². The number of ether oxygens (including phenoxy) is 2. The number of hydrogen-bond acceptors (Lipinski definition) is 5. The lowest BCUT2D eigenvalue weighted by Gasteiger charge is -2.27. The lowest BCUT2D eigenvalue weighted by atomic mass is 9.98. The number of rotatable bonds is 5. The van der Waals surface area contributed by atoms with E-state index in [1.807, 2.05) is 31.2 Å². The Morgan fingerprint density at radius 2 is 2.00 bits per heavy atom. The lowest BCUT2D eigenvalue weighted by Crippen LogP contribution is -2.36. The summed E-state index contributed by atoms with van der Waals surface area (Å²) < 4.78 is 17.4. The third-order valence-electron chi connectivity index (χ3n) is 5.78. The first kappa shape index (κ1) is 18.9. The minimum Gasteiger partial charge on any atom is -0.494 e. The predicted molar refractivity (Wildman–Crippen MR) is 112 cm³/mol. The smallest absolute Gasteiger partial charge is 0.291 e. The van der Waals surface area contributed by atoms with E-state index in [1.165, 1.54) is 0 Å². The maximum Gasteiger partial charge on any atom is 0.291 e. The van der Waals surface area contributed by atoms with Crippen molar-refractivity contribution < 1.29 is 18.7 Å². The Kier molecular flexibility index (Phi) is 4.79. The van der Waals surface area contributed by atoms with E-state index in [1.54, 1.807) is 29.2 Å². The van der Waals surface area contributed by atoms with Crippen LogP contribution in [0.1, 0.15) is 47.5 Å². The van der Waals surface area contributed by atoms with E-state index >= 15 is 0 Å². The molecular formula is C24H23NO5. The molecule has 0 spiro atoms. The second-order valence-electron chi connectivity index (χ2n) is 7.67. The van der Waals surface area contributed by atoms with E-state index in [9.17, 15) is 9.59 Å². The van der Waals surface area contributed by atoms with E-state index in [-0.39, 0.29) is 23.2 Å². The monoisotopic (exact) mass is 405 g/mol. The highest BCUT2D eigenvalue weighted by Crippen LogP contribution is 2.39. The average Bonchev–Trinajstić information content (AvgIpc) is 3.37. The fourth-order valence-corrected chi connectivity index (χ4v) is 4.45. The number of fused-ring (bicyclic) bond motifs is 2. The molecule has 30 heavy (non-hydrogen) atoms. The molecule has 2 aliphatic rings. The molecule has 1 saturated heterocycles. The van der Waals surface area contributed by atoms with Crippen LogP contribution >= 0.6 is 0 Å². The summed E-state index contributed by atoms with van der Waals surface area (Å²) in [7, 11) is 0. The summed E-state index contributed by atoms with van der Waals surface area (Å²) in [6.07, 6.45) is 1.84. The molecule has 2 atom stereocenters. The molecule has 1 amide bonds. The maximum atomic E-state index is 13.4. The number of benzene rings is 2. The topological polar surface area (TPSA) is 69.0 Å². The number of para-hydroxylation sites is 1. The molecule has 5 rings (SSSR count). The summed E-state index contributed by atoms with van der Waals surface area (Å²) >= 11 is 0. The third kappa shape index (κ3) is 3.08. The van der Waals surface area contributed by atoms with Gasteiger partial charge in [0, 0.05) is 13.2 Å². The minimum atomic E-state index is -0.530. The Labute approximate surface area is 174 Å². The average molecular weight is 405 g/mol. The second-order valence-corrected chi connectivity index (χ2v) is 7.67. The molecular weight excluding hydrogens is 382 g/mol. The van der Waals surface area contributed by atoms with Crippen molar-refractivity contribution in [3.63, 3.8) is 0 Å². The summed E-state index contributed by atoms with van der Waals surface area (Å²) in [6.45, 7) is 3.58. The predicted octanol–water partition coefficient (Wildman–Crippen LogP) is 3.92. The van der Waals surface area contributed by atoms with Gasteiger partial charge in [0.2, 0.25) is 5.76 Å². The fraction of sp³-hybridized carbons (Fsp3) is 0.333. The first-order valence-electron chi connectivity index (χ1n) is 10.4. The minimum absolute atomic E-state index is 0.0367. The summed E-state index contributed by atoms with van der Waals surface area (Å²) in [5.74, 6) is 0.566. The zero-order chi connectivity index (χ0) is 20.7. The van der Waals surface area contributed by atoms with Crippen LogP contribution in [-0.2, 0) is 4.74 Å². The number of carbonyl (C=O) groups excluding carboxylic acids is 1. The molecule has 0 N–H and O–H groups in total. The van der Waals surface area contributed by atoms with Crippen LogP contribution in [0.25, 0.3) is 11.0 Å². The SMILES string of the molecule is CCOc1cccc(C2c3c(oc4ccccc4c3=O)C(=O)N2CC2CCCO2)c1. The molecule has 2 aromatic carbocycles. The zero-order valence-corrected chi connectivity index (χ0v) is 16.8. The highest BCUT2D eigenvalue weighted by molar-refractivity contribution is 5.99. The quantitative estimate of drug-likeness (QED) is 0.644. The van der Waals surface area contributed by atoms with Gasteiger partial charge in [-0.15, -0.1) is 0 Å². The van der Waals surface area contributed by atoms with Gasteiger partial charge in [-0.3, -0.25) is 9.59 Å². The summed E-state index contributed by atoms with van der Waals surface area (Å²) in [4.78, 5) is 28.5. The van der Waals surface area contributed by atoms with Crippen molar-refractivity contribution in [2.75, 3.05) is 19.8 Å². The van der Waals surface area contributed by atoms with E-state index in [0.717, 1.165) is 18.4 Å². The number of nitrogens with zero attached hydrogens (tertiary/aromatic N) is 1. The van der Waals surface area contributed by atoms with Gasteiger partial charge >= 0.3 is 0 Å². The normalized spacial score (nSPS) is 20.7. The summed E-state index contributed by atoms with van der Waals surface area (Å²) in [6, 6.07) is 14.1. The maximum absolute atomic E-state index is 13.4. The Morgan fingerprint density at radius 1 is 1.13 bits per heavy atom. The number of hydrogen-bond donors (Lipinski definition) is 0. The van der Waals surface area contributed by atoms with Crippen LogP contribution in [0.15, 0.2) is 57.7 Å². The highest BCUT2D eigenvalue weighted by atomic mass is 16.5. The van der Waals surface area contributed by atoms with Crippen LogP contribution in [0.5, 0.6) is 5.75 Å². The Bertz CT molecular complexity index is 1160. The zero-order valence-electron chi connectivity index (χ0n) is 16.8. The molecule has 3 aromatic rings. The molecule has 3 heterocycles. The van der Waals surface area contributed by atoms with E-state index in [0.29, 0.717) is 42.0 Å². The second kappa shape index (κ2) is 7.61. The summed E-state index contributed by atoms with van der Waals surface area (Å²) in [5, 5.41) is 0.481. The molecule has 0 aliphatic carbocycles. The molecule has 1 fully saturated rings. The number of amides is 1. The van der Waals surface area contributed by atoms with Crippen LogP contribution in [0.4, 0.5) is 0 Å². The summed E-state index contributed by atoms with van der Waals surface area (Å²) in [5.41, 5.74) is 1.48. The van der Waals surface area contributed by atoms with Crippen molar-refractivity contribution in [2.24, 2.45) is 0 Å². The first-order chi connectivity index (χ1) is 14.7. The molecule has 2 unspecified atom stereocenters. The van der Waals surface area contributed by atoms with Crippen molar-refractivity contribution in [3.05, 3.63) is 75.6 Å². The largest absolute Gasteiger partial charge is 0.494 e. The standard InChI is InChI=1S/C24H23NO5/c1-2-28-16-8-5-7-15(13-16)21-20-22(26)18-10-3-4-11-19(18)30-23(20)24(27)25(21)14-17-9-6-12-29-17/h3-5,7-8,10-11,13,17,21H,2,6,9,12,14H2,1H3. The van der Waals surface area contributed by atoms with Crippen LogP contribution in [0.2, 0.25) is 0 Å². The fourth-order valence-electron chi connectivity index (χ4n) is 4.45. The molecule has 0 radical (unpaired) electrons. The van der Waals surface area contributed by atoms with Crippen LogP contribution in [0.3, 0.4) is 0 Å². The van der Waals surface area contributed by atoms with Crippen molar-refractivity contribution in [3.8, 4) is 5.75 Å². The Hall–Kier alpha value is -3.12. The lowest BCUT2D eigenvalue weighted by molar-refractivity contribution is 0.0486. The van der Waals surface area contributed by atoms with Gasteiger partial charge in [0.1, 0.15) is 11.3 Å². The van der Waals surface area contributed by atoms with Crippen molar-refractivity contribution in [2.45, 2.75) is 31.9 Å². The van der Waals surface area contributed by atoms with Gasteiger partial charge < -0.3 is 18.8 Å². The number of carbonyl (C=O) groups is 1. The molecule has 0 saturated carbocycles. The van der Waals surface area contributed by atoms with Crippen LogP contribution in [0, 0.1) is 0 Å². The van der Waals surface area contributed by atoms with E-state index in [2.05, 4.69) is 0 Å². The van der Waals surface area contributed by atoms with Gasteiger partial charge in [-0.05, 0) is 49.6 Å². The molecule has 6 nitrogen and oxygen atoms in total. The van der Waals surface area contributed by atoms with Crippen molar-refractivity contribution >= 4 is 16.9 Å². The molecule has 2 aliphatic heterocycles. The van der Waals surface area contributed by atoms with Crippen molar-refractivity contribution in [1.29, 1.82) is 0 Å². The van der Waals surface area contributed by atoms with Crippen LogP contribution < -0.4 is 10.2 Å². The molecule has 0 bridgehead atoms. The van der Waals surface area contributed by atoms with Gasteiger partial charge in [-0.25, -0.2) is 0 Å². The van der Waals surface area contributed by atoms with Gasteiger partial charge in [-0.1, -0.05) is 24.3 Å².